The van der Waals surface area contributed by atoms with Crippen molar-refractivity contribution in [3.05, 3.63) is 30.3 Å². The number of fused-ring (bicyclic) bond motifs is 1. The van der Waals surface area contributed by atoms with Crippen LogP contribution in [0, 0.1) is 11.8 Å². The largest absolute Gasteiger partial charge is 0.396 e. The minimum Gasteiger partial charge on any atom is -0.396 e. The number of hydrogen-bond acceptors (Lipinski definition) is 5. The number of halogens is 1. The van der Waals surface area contributed by atoms with Gasteiger partial charge in [-0.25, -0.2) is 0 Å². The van der Waals surface area contributed by atoms with Gasteiger partial charge in [0.05, 0.1) is 16.6 Å². The van der Waals surface area contributed by atoms with Crippen molar-refractivity contribution in [1.82, 2.24) is 10.2 Å². The third kappa shape index (κ3) is 4.44. The van der Waals surface area contributed by atoms with Gasteiger partial charge in [-0.15, -0.1) is 11.8 Å². The lowest BCUT2D eigenvalue weighted by Crippen LogP contribution is -2.54. The summed E-state index contributed by atoms with van der Waals surface area (Å²) in [6.07, 6.45) is 4.06. The van der Waals surface area contributed by atoms with Crippen molar-refractivity contribution in [3.8, 4) is 0 Å². The Labute approximate surface area is 207 Å². The zero-order chi connectivity index (χ0) is 23.6. The zero-order valence-electron chi connectivity index (χ0n) is 18.8. The molecule has 0 saturated carbocycles. The van der Waals surface area contributed by atoms with Gasteiger partial charge < -0.3 is 20.6 Å². The number of carbonyl (C=O) groups is 3. The molecule has 0 aromatic heterocycles. The van der Waals surface area contributed by atoms with Crippen LogP contribution in [-0.4, -0.2) is 68.3 Å². The number of rotatable bonds is 10. The minimum absolute atomic E-state index is 0.0475. The molecule has 33 heavy (non-hydrogen) atoms. The molecule has 3 fully saturated rings. The van der Waals surface area contributed by atoms with E-state index in [9.17, 15) is 19.5 Å². The topological polar surface area (TPSA) is 98.7 Å². The normalized spacial score (nSPS) is 32.2. The summed E-state index contributed by atoms with van der Waals surface area (Å²) in [6.45, 7) is 2.95. The van der Waals surface area contributed by atoms with E-state index in [1.54, 1.807) is 16.7 Å². The van der Waals surface area contributed by atoms with Crippen LogP contribution in [0.1, 0.15) is 39.0 Å². The first kappa shape index (κ1) is 24.5. The molecule has 9 heteroatoms. The Kier molecular flexibility index (Phi) is 7.70. The van der Waals surface area contributed by atoms with E-state index in [2.05, 4.69) is 33.5 Å². The van der Waals surface area contributed by atoms with E-state index in [1.807, 2.05) is 30.3 Å². The fourth-order valence-electron chi connectivity index (χ4n) is 5.64. The number of nitrogens with one attached hydrogen (secondary N) is 2. The molecule has 3 amide bonds. The number of aliphatic hydroxyl groups is 1. The first-order valence-electron chi connectivity index (χ1n) is 11.8. The molecule has 1 spiro atoms. The van der Waals surface area contributed by atoms with Gasteiger partial charge in [0, 0.05) is 35.5 Å². The smallest absolute Gasteiger partial charge is 0.244 e. The van der Waals surface area contributed by atoms with Crippen molar-refractivity contribution in [2.45, 2.75) is 59.9 Å². The van der Waals surface area contributed by atoms with Crippen molar-refractivity contribution in [2.75, 3.05) is 25.0 Å². The maximum atomic E-state index is 13.7. The standard InChI is InChI=1S/C24H32BrN3O4S/c1-2-3-7-11-26-22(31)20-24-14-16(25)19(33-24)17(18(24)23(32)28(20)12-8-13-29)21(30)27-15-9-5-4-6-10-15/h4-6,9-10,16-20,29H,2-3,7-8,11-14H2,1H3,(H,26,31)(H,27,30)/t16?,17-,18+,19-,20?,24?/m1/s1. The lowest BCUT2D eigenvalue weighted by Gasteiger charge is -2.35. The minimum atomic E-state index is -0.640. The first-order valence-corrected chi connectivity index (χ1v) is 13.6. The predicted octanol–water partition coefficient (Wildman–Crippen LogP) is 2.78. The van der Waals surface area contributed by atoms with Gasteiger partial charge in [0.1, 0.15) is 6.04 Å². The summed E-state index contributed by atoms with van der Waals surface area (Å²) in [5, 5.41) is 15.4. The van der Waals surface area contributed by atoms with Crippen LogP contribution in [0.2, 0.25) is 0 Å². The summed E-state index contributed by atoms with van der Waals surface area (Å²) >= 11 is 5.39. The molecule has 3 unspecified atom stereocenters. The molecule has 3 saturated heterocycles. The number of likely N-dealkylation sites (tertiary alicyclic amines) is 1. The van der Waals surface area contributed by atoms with Crippen LogP contribution in [0.4, 0.5) is 5.69 Å². The summed E-state index contributed by atoms with van der Waals surface area (Å²) in [5.41, 5.74) is 0.697. The van der Waals surface area contributed by atoms with E-state index in [4.69, 9.17) is 0 Å². The molecular weight excluding hydrogens is 506 g/mol. The highest BCUT2D eigenvalue weighted by atomic mass is 79.9. The van der Waals surface area contributed by atoms with Crippen molar-refractivity contribution >= 4 is 51.1 Å². The molecule has 7 nitrogen and oxygen atoms in total. The quantitative estimate of drug-likeness (QED) is 0.315. The summed E-state index contributed by atoms with van der Waals surface area (Å²) in [5.74, 6) is -1.52. The van der Waals surface area contributed by atoms with E-state index in [-0.39, 0.29) is 34.4 Å². The Balaban J connectivity index is 1.62. The van der Waals surface area contributed by atoms with E-state index in [0.29, 0.717) is 31.6 Å². The van der Waals surface area contributed by atoms with Crippen molar-refractivity contribution in [3.63, 3.8) is 0 Å². The number of thioether (sulfide) groups is 1. The number of aliphatic hydroxyl groups excluding tert-OH is 1. The summed E-state index contributed by atoms with van der Waals surface area (Å²) in [7, 11) is 0. The molecule has 3 N–H and O–H groups in total. The fourth-order valence-corrected chi connectivity index (χ4v) is 9.26. The molecule has 0 aliphatic carbocycles. The molecule has 4 rings (SSSR count). The zero-order valence-corrected chi connectivity index (χ0v) is 21.2. The Bertz CT molecular complexity index is 888. The molecule has 1 aromatic rings. The summed E-state index contributed by atoms with van der Waals surface area (Å²) in [4.78, 5) is 42.2. The second kappa shape index (κ2) is 10.4. The van der Waals surface area contributed by atoms with Crippen molar-refractivity contribution in [2.24, 2.45) is 11.8 Å². The number of hydrogen-bond donors (Lipinski definition) is 3. The van der Waals surface area contributed by atoms with Crippen LogP contribution in [0.25, 0.3) is 0 Å². The van der Waals surface area contributed by atoms with Crippen molar-refractivity contribution < 1.29 is 19.5 Å². The first-order chi connectivity index (χ1) is 15.9. The van der Waals surface area contributed by atoms with Crippen LogP contribution in [0.5, 0.6) is 0 Å². The number of amides is 3. The molecule has 0 radical (unpaired) electrons. The lowest BCUT2D eigenvalue weighted by molar-refractivity contribution is -0.139. The number of benzene rings is 1. The highest BCUT2D eigenvalue weighted by molar-refractivity contribution is 9.09. The van der Waals surface area contributed by atoms with Gasteiger partial charge in [-0.2, -0.15) is 0 Å². The second-order valence-corrected chi connectivity index (χ2v) is 11.8. The highest BCUT2D eigenvalue weighted by Crippen LogP contribution is 2.67. The van der Waals surface area contributed by atoms with Gasteiger partial charge in [-0.3, -0.25) is 14.4 Å². The Hall–Kier alpha value is -1.58. The Morgan fingerprint density at radius 3 is 2.67 bits per heavy atom. The number of para-hydroxylation sites is 1. The molecule has 3 aliphatic rings. The average molecular weight is 539 g/mol. The maximum Gasteiger partial charge on any atom is 0.244 e. The van der Waals surface area contributed by atoms with Crippen LogP contribution >= 0.6 is 27.7 Å². The van der Waals surface area contributed by atoms with Crippen LogP contribution < -0.4 is 10.6 Å². The molecule has 1 aromatic carbocycles. The molecule has 180 valence electrons. The molecule has 3 aliphatic heterocycles. The second-order valence-electron chi connectivity index (χ2n) is 9.13. The van der Waals surface area contributed by atoms with Gasteiger partial charge in [0.15, 0.2) is 0 Å². The predicted molar refractivity (Wildman–Crippen MR) is 133 cm³/mol. The third-order valence-corrected chi connectivity index (χ3v) is 10.2. The molecular formula is C24H32BrN3O4S. The van der Waals surface area contributed by atoms with E-state index >= 15 is 0 Å². The van der Waals surface area contributed by atoms with E-state index in [1.165, 1.54) is 0 Å². The van der Waals surface area contributed by atoms with Crippen LogP contribution in [0.15, 0.2) is 30.3 Å². The SMILES string of the molecule is CCCCCNC(=O)C1N(CCCO)C(=O)[C@@H]2[C@@H](C(=O)Nc3ccccc3)[C@@H]3SC12CC3Br. The van der Waals surface area contributed by atoms with Crippen LogP contribution in [-0.2, 0) is 14.4 Å². The number of unbranched alkanes of at least 4 members (excludes halogenated alkanes) is 2. The van der Waals surface area contributed by atoms with Gasteiger partial charge in [-0.05, 0) is 31.4 Å². The summed E-state index contributed by atoms with van der Waals surface area (Å²) < 4.78 is -0.640. The van der Waals surface area contributed by atoms with Gasteiger partial charge in [-0.1, -0.05) is 53.9 Å². The Morgan fingerprint density at radius 2 is 1.97 bits per heavy atom. The number of anilines is 1. The number of nitrogens with zero attached hydrogens (tertiary/aromatic N) is 1. The molecule has 2 bridgehead atoms. The lowest BCUT2D eigenvalue weighted by atomic mass is 9.70. The fraction of sp³-hybridized carbons (Fsp3) is 0.625. The number of alkyl halides is 1. The number of carbonyl (C=O) groups excluding carboxylic acids is 3. The maximum absolute atomic E-state index is 13.7. The molecule has 6 atom stereocenters. The third-order valence-electron chi connectivity index (χ3n) is 7.02. The monoisotopic (exact) mass is 537 g/mol. The summed E-state index contributed by atoms with van der Waals surface area (Å²) in [6, 6.07) is 8.63. The van der Waals surface area contributed by atoms with Gasteiger partial charge in [0.2, 0.25) is 17.7 Å². The highest BCUT2D eigenvalue weighted by Gasteiger charge is 2.75. The van der Waals surface area contributed by atoms with E-state index in [0.717, 1.165) is 19.3 Å². The Morgan fingerprint density at radius 1 is 1.21 bits per heavy atom. The molecule has 3 heterocycles. The van der Waals surface area contributed by atoms with Gasteiger partial charge in [0.25, 0.3) is 0 Å². The van der Waals surface area contributed by atoms with E-state index < -0.39 is 22.6 Å². The van der Waals surface area contributed by atoms with Gasteiger partial charge >= 0.3 is 0 Å². The van der Waals surface area contributed by atoms with Crippen LogP contribution in [0.3, 0.4) is 0 Å². The average Bonchev–Trinajstić information content (AvgIpc) is 3.39. The van der Waals surface area contributed by atoms with Crippen molar-refractivity contribution in [1.29, 1.82) is 0 Å².